The van der Waals surface area contributed by atoms with Crippen molar-refractivity contribution in [3.05, 3.63) is 86.1 Å². The Morgan fingerprint density at radius 2 is 1.97 bits per heavy atom. The maximum Gasteiger partial charge on any atom is 0.270 e. The summed E-state index contributed by atoms with van der Waals surface area (Å²) in [6.45, 7) is 16.8. The second kappa shape index (κ2) is 11.9. The van der Waals surface area contributed by atoms with Gasteiger partial charge in [0, 0.05) is 40.0 Å². The first-order valence-corrected chi connectivity index (χ1v) is 12.1. The molecule has 0 aliphatic heterocycles. The number of halogens is 2. The van der Waals surface area contributed by atoms with E-state index in [4.69, 9.17) is 0 Å². The molecule has 0 bridgehead atoms. The average molecular weight is 515 g/mol. The highest BCUT2D eigenvalue weighted by Crippen LogP contribution is 2.28. The third-order valence-electron chi connectivity index (χ3n) is 5.24. The molecular formula is C27H32F2N4O2S. The first-order chi connectivity index (χ1) is 16.8. The van der Waals surface area contributed by atoms with Gasteiger partial charge >= 0.3 is 0 Å². The van der Waals surface area contributed by atoms with Crippen LogP contribution in [0.4, 0.5) is 8.78 Å². The van der Waals surface area contributed by atoms with Gasteiger partial charge in [-0.15, -0.1) is 11.3 Å². The summed E-state index contributed by atoms with van der Waals surface area (Å²) in [6.07, 6.45) is 7.46. The number of thiazole rings is 1. The number of H-pyrrole nitrogens is 1. The SMILES string of the molecule is C=C/C(C)=C(\C=C(/C)NC(=O)c1cnc(C(C)NC(=O)C(/C=C\C)=c2\cc(C)[nH]c2=C)s1)C(C)(F)F. The third kappa shape index (κ3) is 7.21. The van der Waals surface area contributed by atoms with Crippen LogP contribution in [0.5, 0.6) is 0 Å². The van der Waals surface area contributed by atoms with Crippen LogP contribution in [0.3, 0.4) is 0 Å². The fraction of sp³-hybridized carbons (Fsp3) is 0.296. The first-order valence-electron chi connectivity index (χ1n) is 11.3. The molecule has 2 heterocycles. The van der Waals surface area contributed by atoms with Gasteiger partial charge in [-0.05, 0) is 52.3 Å². The molecule has 36 heavy (non-hydrogen) atoms. The molecule has 2 aromatic heterocycles. The number of aryl methyl sites for hydroxylation is 1. The predicted octanol–water partition coefficient (Wildman–Crippen LogP) is 4.59. The van der Waals surface area contributed by atoms with E-state index in [0.29, 0.717) is 26.7 Å². The number of hydrogen-bond donors (Lipinski definition) is 3. The number of aromatic amines is 1. The number of hydrogen-bond acceptors (Lipinski definition) is 4. The van der Waals surface area contributed by atoms with Gasteiger partial charge in [-0.2, -0.15) is 0 Å². The Morgan fingerprint density at radius 3 is 2.50 bits per heavy atom. The fourth-order valence-electron chi connectivity index (χ4n) is 3.46. The summed E-state index contributed by atoms with van der Waals surface area (Å²) in [5.41, 5.74) is 1.69. The minimum atomic E-state index is -3.09. The highest BCUT2D eigenvalue weighted by Gasteiger charge is 2.27. The van der Waals surface area contributed by atoms with Crippen molar-refractivity contribution in [3.63, 3.8) is 0 Å². The molecule has 0 saturated carbocycles. The maximum absolute atomic E-state index is 14.0. The summed E-state index contributed by atoms with van der Waals surface area (Å²) in [4.78, 5) is 33.3. The zero-order valence-corrected chi connectivity index (χ0v) is 22.2. The lowest BCUT2D eigenvalue weighted by molar-refractivity contribution is -0.116. The normalized spacial score (nSPS) is 14.8. The molecule has 0 aliphatic carbocycles. The average Bonchev–Trinajstić information content (AvgIpc) is 3.41. The third-order valence-corrected chi connectivity index (χ3v) is 6.42. The van der Waals surface area contributed by atoms with E-state index in [0.717, 1.165) is 24.0 Å². The van der Waals surface area contributed by atoms with Crippen molar-refractivity contribution in [1.29, 1.82) is 0 Å². The van der Waals surface area contributed by atoms with Gasteiger partial charge in [-0.3, -0.25) is 9.59 Å². The second-order valence-electron chi connectivity index (χ2n) is 8.49. The summed E-state index contributed by atoms with van der Waals surface area (Å²) in [7, 11) is 0. The number of rotatable bonds is 9. The number of nitrogens with one attached hydrogen (secondary N) is 3. The van der Waals surface area contributed by atoms with Crippen LogP contribution in [-0.2, 0) is 4.79 Å². The van der Waals surface area contributed by atoms with Crippen LogP contribution in [0, 0.1) is 6.92 Å². The molecule has 0 radical (unpaired) electrons. The molecule has 192 valence electrons. The van der Waals surface area contributed by atoms with E-state index in [1.807, 2.05) is 19.9 Å². The number of carbonyl (C=O) groups excluding carboxylic acids is 2. The van der Waals surface area contributed by atoms with Crippen molar-refractivity contribution in [3.8, 4) is 0 Å². The Hall–Kier alpha value is -3.59. The lowest BCUT2D eigenvalue weighted by Gasteiger charge is -2.15. The van der Waals surface area contributed by atoms with Crippen LogP contribution >= 0.6 is 11.3 Å². The summed E-state index contributed by atoms with van der Waals surface area (Å²) >= 11 is 1.11. The van der Waals surface area contributed by atoms with Gasteiger partial charge in [0.2, 0.25) is 0 Å². The Bertz CT molecular complexity index is 1360. The van der Waals surface area contributed by atoms with E-state index in [1.54, 1.807) is 19.1 Å². The van der Waals surface area contributed by atoms with E-state index in [-0.39, 0.29) is 22.1 Å². The van der Waals surface area contributed by atoms with E-state index >= 15 is 0 Å². The number of allylic oxidation sites excluding steroid dienone is 6. The Morgan fingerprint density at radius 1 is 1.31 bits per heavy atom. The molecule has 0 spiro atoms. The van der Waals surface area contributed by atoms with E-state index in [9.17, 15) is 18.4 Å². The standard InChI is InChI=1S/C27H32F2N4O2S/c1-9-11-20(21-12-16(4)31-18(21)6)24(34)33-19(7)26-30-14-23(36-26)25(35)32-17(5)13-22(15(3)10-2)27(8,28)29/h9-14,19,31H,2,6H2,1,3-5,7-8H3,(H,32,35)(H,33,34)/b11-9-,17-13+,21-20+,22-15+. The molecule has 1 atom stereocenters. The molecule has 0 saturated heterocycles. The van der Waals surface area contributed by atoms with Gasteiger partial charge < -0.3 is 15.6 Å². The zero-order chi connectivity index (χ0) is 27.2. The smallest absolute Gasteiger partial charge is 0.270 e. The molecule has 2 aromatic rings. The molecule has 0 aromatic carbocycles. The van der Waals surface area contributed by atoms with Crippen molar-refractivity contribution in [2.45, 2.75) is 53.5 Å². The zero-order valence-electron chi connectivity index (χ0n) is 21.4. The number of alkyl halides is 2. The topological polar surface area (TPSA) is 86.9 Å². The molecule has 3 N–H and O–H groups in total. The number of amides is 2. The summed E-state index contributed by atoms with van der Waals surface area (Å²) < 4.78 is 27.9. The summed E-state index contributed by atoms with van der Waals surface area (Å²) in [6, 6.07) is 1.38. The highest BCUT2D eigenvalue weighted by atomic mass is 32.1. The van der Waals surface area contributed by atoms with Crippen molar-refractivity contribution in [2.75, 3.05) is 0 Å². The molecule has 0 fully saturated rings. The van der Waals surface area contributed by atoms with Crippen LogP contribution in [0.1, 0.15) is 61.0 Å². The second-order valence-corrected chi connectivity index (χ2v) is 9.55. The summed E-state index contributed by atoms with van der Waals surface area (Å²) in [5.74, 6) is -3.87. The molecule has 2 amide bonds. The number of nitrogens with zero attached hydrogens (tertiary/aromatic N) is 1. The van der Waals surface area contributed by atoms with Gasteiger partial charge in [0.05, 0.1) is 12.2 Å². The van der Waals surface area contributed by atoms with Crippen LogP contribution in [0.15, 0.2) is 60.0 Å². The highest BCUT2D eigenvalue weighted by molar-refractivity contribution is 7.13. The molecule has 1 unspecified atom stereocenters. The fourth-order valence-corrected chi connectivity index (χ4v) is 4.27. The Balaban J connectivity index is 2.21. The van der Waals surface area contributed by atoms with Gasteiger partial charge in [0.1, 0.15) is 9.88 Å². The molecule has 2 rings (SSSR count). The van der Waals surface area contributed by atoms with E-state index in [1.165, 1.54) is 32.2 Å². The van der Waals surface area contributed by atoms with Crippen LogP contribution < -0.4 is 21.2 Å². The Labute approximate surface area is 213 Å². The lowest BCUT2D eigenvalue weighted by Crippen LogP contribution is -2.33. The largest absolute Gasteiger partial charge is 0.359 e. The van der Waals surface area contributed by atoms with E-state index in [2.05, 4.69) is 33.8 Å². The van der Waals surface area contributed by atoms with Crippen molar-refractivity contribution in [1.82, 2.24) is 20.6 Å². The Kier molecular flexibility index (Phi) is 9.47. The van der Waals surface area contributed by atoms with Gasteiger partial charge in [0.25, 0.3) is 17.7 Å². The summed E-state index contributed by atoms with van der Waals surface area (Å²) in [5, 5.41) is 7.39. The minimum absolute atomic E-state index is 0.229. The minimum Gasteiger partial charge on any atom is -0.359 e. The number of carbonyl (C=O) groups is 2. The maximum atomic E-state index is 14.0. The van der Waals surface area contributed by atoms with Crippen LogP contribution in [-0.4, -0.2) is 27.7 Å². The predicted molar refractivity (Wildman–Crippen MR) is 142 cm³/mol. The van der Waals surface area contributed by atoms with E-state index < -0.39 is 17.9 Å². The monoisotopic (exact) mass is 514 g/mol. The molecule has 0 aliphatic rings. The lowest BCUT2D eigenvalue weighted by atomic mass is 10.0. The van der Waals surface area contributed by atoms with Crippen molar-refractivity contribution >= 4 is 35.3 Å². The first kappa shape index (κ1) is 28.6. The number of aromatic nitrogens is 2. The van der Waals surface area contributed by atoms with Gasteiger partial charge in [-0.25, -0.2) is 13.8 Å². The van der Waals surface area contributed by atoms with Gasteiger partial charge in [-0.1, -0.05) is 31.4 Å². The van der Waals surface area contributed by atoms with Crippen LogP contribution in [0.25, 0.3) is 12.2 Å². The van der Waals surface area contributed by atoms with Crippen molar-refractivity contribution < 1.29 is 18.4 Å². The molecule has 6 nitrogen and oxygen atoms in total. The van der Waals surface area contributed by atoms with Crippen molar-refractivity contribution in [2.24, 2.45) is 0 Å². The quantitative estimate of drug-likeness (QED) is 0.428. The van der Waals surface area contributed by atoms with Gasteiger partial charge in [0.15, 0.2) is 0 Å². The molecule has 9 heteroatoms. The molecular weight excluding hydrogens is 482 g/mol. The van der Waals surface area contributed by atoms with Crippen LogP contribution in [0.2, 0.25) is 0 Å².